The van der Waals surface area contributed by atoms with Gasteiger partial charge in [0.05, 0.1) is 0 Å². The van der Waals surface area contributed by atoms with Gasteiger partial charge in [0, 0.05) is 19.1 Å². The predicted octanol–water partition coefficient (Wildman–Crippen LogP) is 3.64. The number of hydrogen-bond acceptors (Lipinski definition) is 5. The molecule has 0 amide bonds. The third-order valence-electron chi connectivity index (χ3n) is 7.60. The second-order valence-corrected chi connectivity index (χ2v) is 9.52. The number of likely N-dealkylation sites (N-methyl/N-ethyl adjacent to an activating group) is 1. The smallest absolute Gasteiger partial charge is 0.290 e. The van der Waals surface area contributed by atoms with E-state index < -0.39 is 0 Å². The van der Waals surface area contributed by atoms with E-state index in [4.69, 9.17) is 19.8 Å². The average Bonchev–Trinajstić information content (AvgIpc) is 3.28. The van der Waals surface area contributed by atoms with E-state index in [0.29, 0.717) is 0 Å². The molecular formula is C26H42FN3O4. The fraction of sp³-hybridized carbons (Fsp3) is 0.692. The first-order valence-electron chi connectivity index (χ1n) is 12.6. The highest BCUT2D eigenvalue weighted by atomic mass is 19.1. The highest BCUT2D eigenvalue weighted by Gasteiger charge is 2.31. The van der Waals surface area contributed by atoms with Crippen molar-refractivity contribution in [1.29, 1.82) is 0 Å². The summed E-state index contributed by atoms with van der Waals surface area (Å²) in [5.41, 5.74) is 1.11. The molecule has 1 unspecified atom stereocenters. The molecule has 0 bridgehead atoms. The van der Waals surface area contributed by atoms with Crippen LogP contribution in [-0.2, 0) is 16.1 Å². The molecule has 3 fully saturated rings. The van der Waals surface area contributed by atoms with Crippen molar-refractivity contribution in [3.05, 3.63) is 35.6 Å². The maximum Gasteiger partial charge on any atom is 0.290 e. The first-order chi connectivity index (χ1) is 16.5. The van der Waals surface area contributed by atoms with Crippen LogP contribution in [0.5, 0.6) is 0 Å². The van der Waals surface area contributed by atoms with Crippen LogP contribution in [0.4, 0.5) is 4.39 Å². The van der Waals surface area contributed by atoms with Crippen LogP contribution in [0.2, 0.25) is 0 Å². The van der Waals surface area contributed by atoms with Gasteiger partial charge in [0.2, 0.25) is 0 Å². The third kappa shape index (κ3) is 9.31. The molecule has 2 N–H and O–H groups in total. The van der Waals surface area contributed by atoms with Gasteiger partial charge in [0.1, 0.15) is 5.82 Å². The van der Waals surface area contributed by atoms with Crippen LogP contribution in [0.1, 0.15) is 51.0 Å². The molecule has 7 nitrogen and oxygen atoms in total. The van der Waals surface area contributed by atoms with Gasteiger partial charge in [-0.2, -0.15) is 0 Å². The number of carbonyl (C=O) groups is 2. The Hall–Kier alpha value is -2.03. The molecule has 0 spiro atoms. The van der Waals surface area contributed by atoms with Crippen LogP contribution in [0.15, 0.2) is 24.3 Å². The standard InChI is InChI=1S/C24H38FN3.2CH2O2/c1-2-28-12-4-7-24(28)19-27-15-10-22(11-16-27)21-8-13-26(14-9-21)18-20-5-3-6-23(25)17-20;2*2-1-3/h3,5-6,17,21-22,24H,2,4,7-16,18-19H2,1H3;2*1H,(H,2,3). The summed E-state index contributed by atoms with van der Waals surface area (Å²) in [5.74, 6) is 1.72. The van der Waals surface area contributed by atoms with E-state index in [1.165, 1.54) is 90.4 Å². The lowest BCUT2D eigenvalue weighted by atomic mass is 9.78. The second-order valence-electron chi connectivity index (χ2n) is 9.52. The molecular weight excluding hydrogens is 437 g/mol. The normalized spacial score (nSPS) is 22.8. The van der Waals surface area contributed by atoms with E-state index in [9.17, 15) is 4.39 Å². The van der Waals surface area contributed by atoms with Crippen LogP contribution in [0, 0.1) is 17.7 Å². The summed E-state index contributed by atoms with van der Waals surface area (Å²) in [7, 11) is 0. The Balaban J connectivity index is 0.000000618. The lowest BCUT2D eigenvalue weighted by molar-refractivity contribution is -0.123. The molecule has 0 saturated carbocycles. The maximum absolute atomic E-state index is 13.4. The lowest BCUT2D eigenvalue weighted by Gasteiger charge is -2.41. The van der Waals surface area contributed by atoms with Gasteiger partial charge in [0.25, 0.3) is 12.9 Å². The fourth-order valence-corrected chi connectivity index (χ4v) is 5.90. The number of hydrogen-bond donors (Lipinski definition) is 2. The van der Waals surface area contributed by atoms with Gasteiger partial charge in [0.15, 0.2) is 0 Å². The Morgan fingerprint density at radius 3 is 2.00 bits per heavy atom. The molecule has 1 aromatic rings. The fourth-order valence-electron chi connectivity index (χ4n) is 5.90. The van der Waals surface area contributed by atoms with Crippen molar-refractivity contribution in [2.45, 2.75) is 58.0 Å². The van der Waals surface area contributed by atoms with Crippen molar-refractivity contribution in [3.63, 3.8) is 0 Å². The summed E-state index contributed by atoms with van der Waals surface area (Å²) in [6.07, 6.45) is 8.24. The van der Waals surface area contributed by atoms with Crippen molar-refractivity contribution in [3.8, 4) is 0 Å². The number of carboxylic acid groups (broad SMARTS) is 2. The van der Waals surface area contributed by atoms with Gasteiger partial charge in [-0.25, -0.2) is 4.39 Å². The topological polar surface area (TPSA) is 84.3 Å². The Morgan fingerprint density at radius 1 is 0.912 bits per heavy atom. The SMILES string of the molecule is CCN1CCCC1CN1CCC(C2CCN(Cc3cccc(F)c3)CC2)CC1.O=CO.O=CO. The van der Waals surface area contributed by atoms with Gasteiger partial charge in [-0.15, -0.1) is 0 Å². The van der Waals surface area contributed by atoms with Crippen molar-refractivity contribution >= 4 is 12.9 Å². The molecule has 0 aliphatic carbocycles. The van der Waals surface area contributed by atoms with Crippen LogP contribution in [-0.4, -0.2) is 89.7 Å². The first kappa shape index (κ1) is 28.2. The van der Waals surface area contributed by atoms with Crippen LogP contribution in [0.3, 0.4) is 0 Å². The molecule has 0 aromatic heterocycles. The van der Waals surface area contributed by atoms with Crippen molar-refractivity contribution < 1.29 is 24.2 Å². The van der Waals surface area contributed by atoms with Crippen molar-refractivity contribution in [2.75, 3.05) is 45.8 Å². The van der Waals surface area contributed by atoms with Crippen LogP contribution < -0.4 is 0 Å². The molecule has 1 atom stereocenters. The highest BCUT2D eigenvalue weighted by molar-refractivity contribution is 5.33. The number of rotatable bonds is 6. The molecule has 3 heterocycles. The molecule has 3 aliphatic rings. The third-order valence-corrected chi connectivity index (χ3v) is 7.60. The minimum Gasteiger partial charge on any atom is -0.483 e. The summed E-state index contributed by atoms with van der Waals surface area (Å²) in [6.45, 7) is 11.5. The molecule has 0 radical (unpaired) electrons. The van der Waals surface area contributed by atoms with E-state index in [-0.39, 0.29) is 18.8 Å². The van der Waals surface area contributed by atoms with E-state index >= 15 is 0 Å². The van der Waals surface area contributed by atoms with E-state index in [2.05, 4.69) is 27.7 Å². The van der Waals surface area contributed by atoms with E-state index in [0.717, 1.165) is 30.0 Å². The summed E-state index contributed by atoms with van der Waals surface area (Å²) < 4.78 is 13.4. The van der Waals surface area contributed by atoms with E-state index in [1.54, 1.807) is 6.07 Å². The van der Waals surface area contributed by atoms with Crippen LogP contribution in [0.25, 0.3) is 0 Å². The number of piperidine rings is 2. The average molecular weight is 480 g/mol. The highest BCUT2D eigenvalue weighted by Crippen LogP contribution is 2.33. The minimum absolute atomic E-state index is 0.112. The zero-order valence-electron chi connectivity index (χ0n) is 20.5. The van der Waals surface area contributed by atoms with Gasteiger partial charge in [-0.05, 0) is 107 Å². The Kier molecular flexibility index (Phi) is 13.1. The molecule has 4 rings (SSSR count). The van der Waals surface area contributed by atoms with Gasteiger partial charge in [-0.3, -0.25) is 19.4 Å². The lowest BCUT2D eigenvalue weighted by Crippen LogP contribution is -2.45. The molecule has 34 heavy (non-hydrogen) atoms. The predicted molar refractivity (Wildman–Crippen MR) is 131 cm³/mol. The summed E-state index contributed by atoms with van der Waals surface area (Å²) in [6, 6.07) is 7.92. The largest absolute Gasteiger partial charge is 0.483 e. The second kappa shape index (κ2) is 15.8. The molecule has 8 heteroatoms. The van der Waals surface area contributed by atoms with Crippen molar-refractivity contribution in [1.82, 2.24) is 14.7 Å². The quantitative estimate of drug-likeness (QED) is 0.603. The Morgan fingerprint density at radius 2 is 1.47 bits per heavy atom. The number of likely N-dealkylation sites (tertiary alicyclic amines) is 3. The Labute approximate surface area is 203 Å². The zero-order chi connectivity index (χ0) is 24.8. The first-order valence-corrected chi connectivity index (χ1v) is 12.6. The maximum atomic E-state index is 13.4. The van der Waals surface area contributed by atoms with Gasteiger partial charge >= 0.3 is 0 Å². The number of benzene rings is 1. The summed E-state index contributed by atoms with van der Waals surface area (Å²) >= 11 is 0. The molecule has 192 valence electrons. The van der Waals surface area contributed by atoms with Gasteiger partial charge < -0.3 is 15.1 Å². The number of halogens is 1. The number of nitrogens with zero attached hydrogens (tertiary/aromatic N) is 3. The van der Waals surface area contributed by atoms with Gasteiger partial charge in [-0.1, -0.05) is 19.1 Å². The monoisotopic (exact) mass is 479 g/mol. The van der Waals surface area contributed by atoms with Crippen molar-refractivity contribution in [2.24, 2.45) is 11.8 Å². The van der Waals surface area contributed by atoms with Crippen LogP contribution >= 0.6 is 0 Å². The summed E-state index contributed by atoms with van der Waals surface area (Å²) in [4.78, 5) is 24.7. The zero-order valence-corrected chi connectivity index (χ0v) is 20.5. The summed E-state index contributed by atoms with van der Waals surface area (Å²) in [5, 5.41) is 13.8. The molecule has 3 saturated heterocycles. The Bertz CT molecular complexity index is 701. The minimum atomic E-state index is -0.250. The van der Waals surface area contributed by atoms with E-state index in [1.807, 2.05) is 6.07 Å². The molecule has 1 aromatic carbocycles. The molecule has 3 aliphatic heterocycles.